The Balaban J connectivity index is 2.27. The normalized spacial score (nSPS) is 13.7. The van der Waals surface area contributed by atoms with Crippen LogP contribution in [0, 0.1) is 0 Å². The van der Waals surface area contributed by atoms with Crippen molar-refractivity contribution in [1.29, 1.82) is 0 Å². The quantitative estimate of drug-likeness (QED) is 0.791. The molecule has 0 atom stereocenters. The van der Waals surface area contributed by atoms with Crippen molar-refractivity contribution in [2.45, 2.75) is 6.42 Å². The Bertz CT molecular complexity index is 633. The van der Waals surface area contributed by atoms with Crippen LogP contribution in [0.2, 0.25) is 0 Å². The molecular formula is C14H18N4O. The highest BCUT2D eigenvalue weighted by Crippen LogP contribution is 2.40. The summed E-state index contributed by atoms with van der Waals surface area (Å²) in [6, 6.07) is 3.99. The summed E-state index contributed by atoms with van der Waals surface area (Å²) < 4.78 is 7.18. The molecule has 1 aliphatic heterocycles. The molecule has 0 radical (unpaired) electrons. The molecule has 0 unspecified atom stereocenters. The maximum atomic E-state index is 6.04. The zero-order chi connectivity index (χ0) is 13.6. The molecule has 0 saturated carbocycles. The van der Waals surface area contributed by atoms with Crippen LogP contribution in [0.4, 0.5) is 11.4 Å². The van der Waals surface area contributed by atoms with Gasteiger partial charge in [-0.15, -0.1) is 0 Å². The Morgan fingerprint density at radius 3 is 2.79 bits per heavy atom. The fraction of sp³-hybridized carbons (Fsp3) is 0.357. The minimum absolute atomic E-state index is 0.659. The van der Waals surface area contributed by atoms with E-state index in [1.54, 1.807) is 7.11 Å². The van der Waals surface area contributed by atoms with E-state index in [1.165, 1.54) is 0 Å². The number of benzene rings is 1. The number of anilines is 2. The highest BCUT2D eigenvalue weighted by molar-refractivity contribution is 5.85. The number of nitrogen functional groups attached to an aromatic ring is 1. The summed E-state index contributed by atoms with van der Waals surface area (Å²) in [5, 5.41) is 4.53. The molecule has 2 aromatic rings. The monoisotopic (exact) mass is 258 g/mol. The fourth-order valence-electron chi connectivity index (χ4n) is 2.63. The van der Waals surface area contributed by atoms with E-state index in [1.807, 2.05) is 23.9 Å². The van der Waals surface area contributed by atoms with Gasteiger partial charge in [0.1, 0.15) is 5.75 Å². The molecule has 0 aliphatic carbocycles. The van der Waals surface area contributed by atoms with Gasteiger partial charge in [-0.3, -0.25) is 4.68 Å². The second kappa shape index (κ2) is 4.19. The van der Waals surface area contributed by atoms with Crippen LogP contribution in [0.3, 0.4) is 0 Å². The number of likely N-dealkylation sites (N-methyl/N-ethyl adjacent to an activating group) is 1. The van der Waals surface area contributed by atoms with Crippen LogP contribution in [-0.4, -0.2) is 30.5 Å². The number of nitrogens with zero attached hydrogens (tertiary/aromatic N) is 3. The second-order valence-corrected chi connectivity index (χ2v) is 4.95. The summed E-state index contributed by atoms with van der Waals surface area (Å²) in [6.45, 7) is 0.935. The van der Waals surface area contributed by atoms with Crippen LogP contribution >= 0.6 is 0 Å². The zero-order valence-electron chi connectivity index (χ0n) is 11.5. The Labute approximate surface area is 112 Å². The van der Waals surface area contributed by atoms with Gasteiger partial charge in [0, 0.05) is 56.1 Å². The molecule has 3 rings (SSSR count). The van der Waals surface area contributed by atoms with Gasteiger partial charge >= 0.3 is 0 Å². The first-order chi connectivity index (χ1) is 9.10. The summed E-state index contributed by atoms with van der Waals surface area (Å²) >= 11 is 0. The van der Waals surface area contributed by atoms with E-state index < -0.39 is 0 Å². The first-order valence-corrected chi connectivity index (χ1v) is 6.31. The maximum absolute atomic E-state index is 6.04. The number of methoxy groups -OCH3 is 1. The lowest BCUT2D eigenvalue weighted by Crippen LogP contribution is -2.19. The van der Waals surface area contributed by atoms with E-state index in [4.69, 9.17) is 10.5 Å². The fourth-order valence-corrected chi connectivity index (χ4v) is 2.63. The number of hydrogen-bond acceptors (Lipinski definition) is 4. The lowest BCUT2D eigenvalue weighted by Gasteiger charge is -2.21. The molecule has 2 N–H and O–H groups in total. The van der Waals surface area contributed by atoms with Crippen LogP contribution < -0.4 is 15.4 Å². The first kappa shape index (κ1) is 11.9. The van der Waals surface area contributed by atoms with Crippen molar-refractivity contribution in [3.05, 3.63) is 24.0 Å². The number of rotatable bonds is 1. The average molecular weight is 258 g/mol. The molecule has 2 heterocycles. The minimum atomic E-state index is 0.659. The van der Waals surface area contributed by atoms with Gasteiger partial charge in [0.05, 0.1) is 18.5 Å². The Kier molecular flexibility index (Phi) is 2.62. The smallest absolute Gasteiger partial charge is 0.143 e. The number of aryl methyl sites for hydroxylation is 1. The molecule has 0 amide bonds. The minimum Gasteiger partial charge on any atom is -0.495 e. The standard InChI is InChI=1S/C14H18N4O/c1-17-5-4-12-10(8-18(2)16-12)9-6-11(15)14(19-3)7-13(9)17/h6-8H,4-5,15H2,1-3H3. The molecule has 0 fully saturated rings. The molecular weight excluding hydrogens is 240 g/mol. The van der Waals surface area contributed by atoms with Gasteiger partial charge in [-0.05, 0) is 6.07 Å². The Morgan fingerprint density at radius 2 is 2.05 bits per heavy atom. The first-order valence-electron chi connectivity index (χ1n) is 6.31. The summed E-state index contributed by atoms with van der Waals surface area (Å²) in [7, 11) is 5.68. The van der Waals surface area contributed by atoms with Gasteiger partial charge in [-0.1, -0.05) is 0 Å². The molecule has 0 bridgehead atoms. The topological polar surface area (TPSA) is 56.3 Å². The highest BCUT2D eigenvalue weighted by atomic mass is 16.5. The van der Waals surface area contributed by atoms with Gasteiger partial charge in [-0.2, -0.15) is 5.10 Å². The molecule has 100 valence electrons. The Hall–Kier alpha value is -2.17. The van der Waals surface area contributed by atoms with Gasteiger partial charge in [0.15, 0.2) is 0 Å². The number of fused-ring (bicyclic) bond motifs is 3. The molecule has 1 aliphatic rings. The molecule has 5 heteroatoms. The van der Waals surface area contributed by atoms with E-state index in [2.05, 4.69) is 23.2 Å². The van der Waals surface area contributed by atoms with Crippen LogP contribution in [0.5, 0.6) is 5.75 Å². The maximum Gasteiger partial charge on any atom is 0.143 e. The summed E-state index contributed by atoms with van der Waals surface area (Å²) in [5.41, 5.74) is 11.3. The number of hydrogen-bond donors (Lipinski definition) is 1. The second-order valence-electron chi connectivity index (χ2n) is 4.95. The van der Waals surface area contributed by atoms with Crippen molar-refractivity contribution in [3.8, 4) is 16.9 Å². The average Bonchev–Trinajstić information content (AvgIpc) is 2.71. The van der Waals surface area contributed by atoms with Crippen LogP contribution in [0.25, 0.3) is 11.1 Å². The predicted molar refractivity (Wildman–Crippen MR) is 76.6 cm³/mol. The highest BCUT2D eigenvalue weighted by Gasteiger charge is 2.21. The van der Waals surface area contributed by atoms with Crippen molar-refractivity contribution in [2.24, 2.45) is 7.05 Å². The van der Waals surface area contributed by atoms with Crippen LogP contribution in [0.15, 0.2) is 18.3 Å². The van der Waals surface area contributed by atoms with Crippen LogP contribution in [0.1, 0.15) is 5.69 Å². The van der Waals surface area contributed by atoms with Gasteiger partial charge < -0.3 is 15.4 Å². The van der Waals surface area contributed by atoms with Crippen molar-refractivity contribution >= 4 is 11.4 Å². The molecule has 5 nitrogen and oxygen atoms in total. The van der Waals surface area contributed by atoms with Crippen molar-refractivity contribution in [2.75, 3.05) is 31.3 Å². The van der Waals surface area contributed by atoms with Crippen LogP contribution in [-0.2, 0) is 13.5 Å². The zero-order valence-corrected chi connectivity index (χ0v) is 11.5. The van der Waals surface area contributed by atoms with Gasteiger partial charge in [0.2, 0.25) is 0 Å². The van der Waals surface area contributed by atoms with E-state index in [9.17, 15) is 0 Å². The molecule has 0 saturated heterocycles. The third-order valence-corrected chi connectivity index (χ3v) is 3.64. The van der Waals surface area contributed by atoms with E-state index in [-0.39, 0.29) is 0 Å². The summed E-state index contributed by atoms with van der Waals surface area (Å²) in [4.78, 5) is 2.22. The molecule has 0 spiro atoms. The van der Waals surface area contributed by atoms with Crippen molar-refractivity contribution < 1.29 is 4.74 Å². The molecule has 1 aromatic carbocycles. The third kappa shape index (κ3) is 1.82. The molecule has 19 heavy (non-hydrogen) atoms. The van der Waals surface area contributed by atoms with Gasteiger partial charge in [0.25, 0.3) is 0 Å². The molecule has 1 aromatic heterocycles. The summed E-state index contributed by atoms with van der Waals surface area (Å²) in [5.74, 6) is 0.720. The number of nitrogens with two attached hydrogens (primary N) is 1. The summed E-state index contributed by atoms with van der Waals surface area (Å²) in [6.07, 6.45) is 2.99. The van der Waals surface area contributed by atoms with E-state index >= 15 is 0 Å². The lowest BCUT2D eigenvalue weighted by atomic mass is 10.0. The van der Waals surface area contributed by atoms with E-state index in [0.29, 0.717) is 5.69 Å². The largest absolute Gasteiger partial charge is 0.495 e. The number of ether oxygens (including phenoxy) is 1. The van der Waals surface area contributed by atoms with Crippen molar-refractivity contribution in [3.63, 3.8) is 0 Å². The number of aromatic nitrogens is 2. The third-order valence-electron chi connectivity index (χ3n) is 3.64. The van der Waals surface area contributed by atoms with Crippen molar-refractivity contribution in [1.82, 2.24) is 9.78 Å². The van der Waals surface area contributed by atoms with Gasteiger partial charge in [-0.25, -0.2) is 0 Å². The lowest BCUT2D eigenvalue weighted by molar-refractivity contribution is 0.417. The predicted octanol–water partition coefficient (Wildman–Crippen LogP) is 1.67. The SMILES string of the molecule is COc1cc2c(cc1N)-c1cn(C)nc1CCN2C. The Morgan fingerprint density at radius 1 is 1.26 bits per heavy atom. The van der Waals surface area contributed by atoms with E-state index in [0.717, 1.165) is 41.2 Å².